The summed E-state index contributed by atoms with van der Waals surface area (Å²) in [6.45, 7) is 0. The predicted molar refractivity (Wildman–Crippen MR) is 104 cm³/mol. The van der Waals surface area contributed by atoms with E-state index in [0.717, 1.165) is 32.2 Å². The number of aromatic amines is 1. The number of amides is 1. The number of fused-ring (bicyclic) bond motifs is 1. The van der Waals surface area contributed by atoms with Gasteiger partial charge in [0.15, 0.2) is 0 Å². The molecule has 0 saturated heterocycles. The second-order valence-electron chi connectivity index (χ2n) is 5.65. The molecule has 0 aliphatic heterocycles. The molecule has 25 heavy (non-hydrogen) atoms. The monoisotopic (exact) mass is 391 g/mol. The van der Waals surface area contributed by atoms with Crippen LogP contribution in [0, 0.1) is 0 Å². The molecule has 0 fully saturated rings. The maximum atomic E-state index is 12.4. The summed E-state index contributed by atoms with van der Waals surface area (Å²) in [5.41, 5.74) is 2.90. The van der Waals surface area contributed by atoms with Gasteiger partial charge < -0.3 is 5.32 Å². The van der Waals surface area contributed by atoms with Crippen LogP contribution in [-0.4, -0.2) is 16.1 Å². The molecule has 0 saturated carbocycles. The zero-order valence-electron chi connectivity index (χ0n) is 13.2. The molecule has 0 unspecified atom stereocenters. The van der Waals surface area contributed by atoms with Gasteiger partial charge in [-0.1, -0.05) is 58.4 Å². The highest BCUT2D eigenvalue weighted by atomic mass is 79.9. The van der Waals surface area contributed by atoms with E-state index in [4.69, 9.17) is 0 Å². The van der Waals surface area contributed by atoms with Crippen LogP contribution in [0.4, 0.5) is 5.69 Å². The van der Waals surface area contributed by atoms with Gasteiger partial charge in [-0.25, -0.2) is 0 Å². The zero-order chi connectivity index (χ0) is 17.2. The quantitative estimate of drug-likeness (QED) is 0.501. The van der Waals surface area contributed by atoms with Crippen molar-refractivity contribution < 1.29 is 4.79 Å². The van der Waals surface area contributed by atoms with Crippen LogP contribution >= 0.6 is 15.9 Å². The summed E-state index contributed by atoms with van der Waals surface area (Å²) in [5.74, 6) is -0.221. The first-order chi connectivity index (χ1) is 12.2. The normalized spacial score (nSPS) is 10.8. The van der Waals surface area contributed by atoms with E-state index in [2.05, 4.69) is 49.6 Å². The summed E-state index contributed by atoms with van der Waals surface area (Å²) in [6, 6.07) is 23.4. The van der Waals surface area contributed by atoms with Crippen LogP contribution < -0.4 is 5.32 Å². The van der Waals surface area contributed by atoms with Gasteiger partial charge in [0.05, 0.1) is 5.69 Å². The lowest BCUT2D eigenvalue weighted by atomic mass is 10.0. The Kier molecular flexibility index (Phi) is 4.07. The first kappa shape index (κ1) is 15.6. The number of H-pyrrole nitrogens is 1. The smallest absolute Gasteiger partial charge is 0.273 e. The van der Waals surface area contributed by atoms with E-state index in [1.807, 2.05) is 48.5 Å². The third-order valence-corrected chi connectivity index (χ3v) is 4.52. The van der Waals surface area contributed by atoms with Crippen LogP contribution in [-0.2, 0) is 0 Å². The van der Waals surface area contributed by atoms with Gasteiger partial charge in [-0.3, -0.25) is 9.89 Å². The molecule has 3 aromatic carbocycles. The minimum Gasteiger partial charge on any atom is -0.321 e. The van der Waals surface area contributed by atoms with Crippen molar-refractivity contribution in [2.45, 2.75) is 0 Å². The van der Waals surface area contributed by atoms with E-state index < -0.39 is 0 Å². The molecule has 5 heteroatoms. The van der Waals surface area contributed by atoms with Crippen LogP contribution in [0.15, 0.2) is 77.3 Å². The van der Waals surface area contributed by atoms with Crippen molar-refractivity contribution in [2.75, 3.05) is 5.32 Å². The first-order valence-electron chi connectivity index (χ1n) is 7.81. The lowest BCUT2D eigenvalue weighted by Gasteiger charge is -2.03. The Labute approximate surface area is 153 Å². The average molecular weight is 392 g/mol. The van der Waals surface area contributed by atoms with Crippen molar-refractivity contribution >= 4 is 38.3 Å². The van der Waals surface area contributed by atoms with Crippen LogP contribution in [0.2, 0.25) is 0 Å². The minimum atomic E-state index is -0.221. The Morgan fingerprint density at radius 2 is 1.72 bits per heavy atom. The number of anilines is 1. The lowest BCUT2D eigenvalue weighted by Crippen LogP contribution is -2.12. The third kappa shape index (κ3) is 3.19. The number of halogens is 1. The number of hydrogen-bond acceptors (Lipinski definition) is 2. The maximum Gasteiger partial charge on any atom is 0.273 e. The maximum absolute atomic E-state index is 12.4. The van der Waals surface area contributed by atoms with Crippen LogP contribution in [0.25, 0.3) is 22.0 Å². The topological polar surface area (TPSA) is 57.8 Å². The van der Waals surface area contributed by atoms with Crippen molar-refractivity contribution in [3.63, 3.8) is 0 Å². The van der Waals surface area contributed by atoms with Gasteiger partial charge in [0.2, 0.25) is 0 Å². The summed E-state index contributed by atoms with van der Waals surface area (Å²) >= 11 is 3.38. The molecule has 4 aromatic rings. The van der Waals surface area contributed by atoms with Gasteiger partial charge in [-0.05, 0) is 41.1 Å². The predicted octanol–water partition coefficient (Wildman–Crippen LogP) is 5.24. The van der Waals surface area contributed by atoms with E-state index in [-0.39, 0.29) is 5.91 Å². The summed E-state index contributed by atoms with van der Waals surface area (Å²) < 4.78 is 0.963. The third-order valence-electron chi connectivity index (χ3n) is 3.99. The van der Waals surface area contributed by atoms with Crippen molar-refractivity contribution in [2.24, 2.45) is 0 Å². The van der Waals surface area contributed by atoms with Crippen LogP contribution in [0.1, 0.15) is 10.5 Å². The van der Waals surface area contributed by atoms with Gasteiger partial charge in [0, 0.05) is 15.7 Å². The Morgan fingerprint density at radius 3 is 2.56 bits per heavy atom. The number of benzene rings is 3. The highest BCUT2D eigenvalue weighted by Gasteiger charge is 2.13. The largest absolute Gasteiger partial charge is 0.321 e. The number of carbonyl (C=O) groups is 1. The molecule has 4 rings (SSSR count). The molecule has 4 nitrogen and oxygen atoms in total. The average Bonchev–Trinajstić information content (AvgIpc) is 3.13. The van der Waals surface area contributed by atoms with Gasteiger partial charge in [0.1, 0.15) is 5.69 Å². The Balaban J connectivity index is 1.63. The van der Waals surface area contributed by atoms with Crippen molar-refractivity contribution in [3.05, 3.63) is 83.0 Å². The molecule has 1 heterocycles. The fraction of sp³-hybridized carbons (Fsp3) is 0. The van der Waals surface area contributed by atoms with Crippen molar-refractivity contribution in [1.82, 2.24) is 10.2 Å². The lowest BCUT2D eigenvalue weighted by molar-refractivity contribution is 0.102. The van der Waals surface area contributed by atoms with Gasteiger partial charge >= 0.3 is 0 Å². The Bertz CT molecular complexity index is 1050. The molecule has 1 aromatic heterocycles. The van der Waals surface area contributed by atoms with E-state index >= 15 is 0 Å². The fourth-order valence-electron chi connectivity index (χ4n) is 2.76. The summed E-state index contributed by atoms with van der Waals surface area (Å²) in [4.78, 5) is 12.4. The zero-order valence-corrected chi connectivity index (χ0v) is 14.7. The van der Waals surface area contributed by atoms with Gasteiger partial charge in [-0.15, -0.1) is 0 Å². The highest BCUT2D eigenvalue weighted by molar-refractivity contribution is 9.10. The number of nitrogens with zero attached hydrogens (tertiary/aromatic N) is 1. The van der Waals surface area contributed by atoms with Crippen LogP contribution in [0.5, 0.6) is 0 Å². The summed E-state index contributed by atoms with van der Waals surface area (Å²) in [5, 5.41) is 12.3. The molecule has 1 amide bonds. The van der Waals surface area contributed by atoms with E-state index in [9.17, 15) is 4.79 Å². The molecule has 0 bridgehead atoms. The van der Waals surface area contributed by atoms with Crippen molar-refractivity contribution in [3.8, 4) is 11.3 Å². The molecule has 0 radical (unpaired) electrons. The molecule has 122 valence electrons. The second-order valence-corrected chi connectivity index (χ2v) is 6.57. The highest BCUT2D eigenvalue weighted by Crippen LogP contribution is 2.27. The Hall–Kier alpha value is -2.92. The van der Waals surface area contributed by atoms with E-state index in [1.165, 1.54) is 0 Å². The standard InChI is InChI=1S/C20H14BrN3O/c21-14-8-10-15(11-9-14)22-20(25)19-12-18(23-24-19)17-7-3-5-13-4-1-2-6-16(13)17/h1-12H,(H,22,25)(H,23,24). The molecule has 0 aliphatic rings. The minimum absolute atomic E-state index is 0.221. The van der Waals surface area contributed by atoms with E-state index in [0.29, 0.717) is 5.69 Å². The summed E-state index contributed by atoms with van der Waals surface area (Å²) in [6.07, 6.45) is 0. The SMILES string of the molecule is O=C(Nc1ccc(Br)cc1)c1cc(-c2cccc3ccccc23)n[nH]1. The molecular weight excluding hydrogens is 378 g/mol. The van der Waals surface area contributed by atoms with Gasteiger partial charge in [0.25, 0.3) is 5.91 Å². The second kappa shape index (κ2) is 6.53. The Morgan fingerprint density at radius 1 is 0.960 bits per heavy atom. The number of rotatable bonds is 3. The van der Waals surface area contributed by atoms with Crippen LogP contribution in [0.3, 0.4) is 0 Å². The first-order valence-corrected chi connectivity index (χ1v) is 8.60. The van der Waals surface area contributed by atoms with Crippen molar-refractivity contribution in [1.29, 1.82) is 0 Å². The van der Waals surface area contributed by atoms with E-state index in [1.54, 1.807) is 6.07 Å². The molecule has 2 N–H and O–H groups in total. The number of hydrogen-bond donors (Lipinski definition) is 2. The molecule has 0 atom stereocenters. The molecule has 0 aliphatic carbocycles. The summed E-state index contributed by atoms with van der Waals surface area (Å²) in [7, 11) is 0. The molecule has 0 spiro atoms. The molecular formula is C20H14BrN3O. The van der Waals surface area contributed by atoms with Gasteiger partial charge in [-0.2, -0.15) is 5.10 Å². The number of carbonyl (C=O) groups excluding carboxylic acids is 1. The fourth-order valence-corrected chi connectivity index (χ4v) is 3.02. The number of nitrogens with one attached hydrogen (secondary N) is 2. The number of aromatic nitrogens is 2.